The third-order valence-electron chi connectivity index (χ3n) is 2.36. The largest absolute Gasteiger partial charge is 0.402 e. The summed E-state index contributed by atoms with van der Waals surface area (Å²) in [5, 5.41) is 0. The number of nitrogen functional groups attached to an aromatic ring is 1. The van der Waals surface area contributed by atoms with Crippen molar-refractivity contribution in [3.05, 3.63) is 23.8 Å². The predicted octanol–water partition coefficient (Wildman–Crippen LogP) is 1.76. The average molecular weight is 282 g/mol. The molecule has 0 spiro atoms. The molecule has 102 valence electrons. The number of hydrogen-bond acceptors (Lipinski definition) is 3. The van der Waals surface area contributed by atoms with Gasteiger partial charge >= 0.3 is 6.18 Å². The molecule has 0 aliphatic heterocycles. The highest BCUT2D eigenvalue weighted by molar-refractivity contribution is 7.89. The minimum absolute atomic E-state index is 0.219. The number of nitrogens with zero attached hydrogens (tertiary/aromatic N) is 1. The van der Waals surface area contributed by atoms with Crippen LogP contribution in [0.3, 0.4) is 0 Å². The number of nitrogens with two attached hydrogens (primary N) is 1. The second kappa shape index (κ2) is 4.77. The number of alkyl halides is 3. The van der Waals surface area contributed by atoms with Crippen molar-refractivity contribution in [3.8, 4) is 0 Å². The molecular weight excluding hydrogens is 269 g/mol. The summed E-state index contributed by atoms with van der Waals surface area (Å²) in [4.78, 5) is -0.252. The van der Waals surface area contributed by atoms with Gasteiger partial charge in [0.2, 0.25) is 10.0 Å². The Labute approximate surface area is 103 Å². The zero-order chi connectivity index (χ0) is 14.1. The van der Waals surface area contributed by atoms with Crippen LogP contribution in [0.2, 0.25) is 0 Å². The molecule has 0 saturated carbocycles. The SMILES string of the molecule is Cc1ccc(S(=O)(=O)N(C)CC(F)(F)F)cc1N. The first kappa shape index (κ1) is 14.8. The molecule has 1 aromatic carbocycles. The fourth-order valence-electron chi connectivity index (χ4n) is 1.30. The van der Waals surface area contributed by atoms with E-state index in [4.69, 9.17) is 5.73 Å². The zero-order valence-corrected chi connectivity index (χ0v) is 10.6. The Bertz CT molecular complexity index is 541. The number of benzene rings is 1. The van der Waals surface area contributed by atoms with Gasteiger partial charge in [-0.15, -0.1) is 0 Å². The summed E-state index contributed by atoms with van der Waals surface area (Å²) in [6, 6.07) is 3.83. The molecule has 2 N–H and O–H groups in total. The molecule has 0 amide bonds. The minimum atomic E-state index is -4.59. The summed E-state index contributed by atoms with van der Waals surface area (Å²) in [5.41, 5.74) is 6.42. The van der Waals surface area contributed by atoms with Gasteiger partial charge in [-0.25, -0.2) is 8.42 Å². The van der Waals surface area contributed by atoms with E-state index in [2.05, 4.69) is 0 Å². The fourth-order valence-corrected chi connectivity index (χ4v) is 2.49. The first-order valence-electron chi connectivity index (χ1n) is 4.93. The van der Waals surface area contributed by atoms with Crippen LogP contribution < -0.4 is 5.73 Å². The van der Waals surface area contributed by atoms with Crippen LogP contribution in [0.4, 0.5) is 18.9 Å². The molecule has 1 aromatic rings. The van der Waals surface area contributed by atoms with Crippen molar-refractivity contribution in [1.82, 2.24) is 4.31 Å². The summed E-state index contributed by atoms with van der Waals surface area (Å²) in [6.07, 6.45) is -4.59. The topological polar surface area (TPSA) is 63.4 Å². The molecule has 0 saturated heterocycles. The van der Waals surface area contributed by atoms with E-state index < -0.39 is 22.7 Å². The highest BCUT2D eigenvalue weighted by Crippen LogP contribution is 2.23. The first-order chi connectivity index (χ1) is 8.04. The van der Waals surface area contributed by atoms with E-state index in [9.17, 15) is 21.6 Å². The molecule has 1 rings (SSSR count). The van der Waals surface area contributed by atoms with E-state index in [1.807, 2.05) is 0 Å². The van der Waals surface area contributed by atoms with Gasteiger partial charge in [-0.05, 0) is 24.6 Å². The van der Waals surface area contributed by atoms with Crippen molar-refractivity contribution in [3.63, 3.8) is 0 Å². The lowest BCUT2D eigenvalue weighted by molar-refractivity contribution is -0.134. The van der Waals surface area contributed by atoms with Gasteiger partial charge in [0.1, 0.15) is 6.54 Å². The number of halogens is 3. The van der Waals surface area contributed by atoms with Gasteiger partial charge in [0.25, 0.3) is 0 Å². The van der Waals surface area contributed by atoms with Crippen LogP contribution in [0, 0.1) is 6.92 Å². The molecule has 0 atom stereocenters. The van der Waals surface area contributed by atoms with Crippen LogP contribution in [-0.2, 0) is 10.0 Å². The van der Waals surface area contributed by atoms with Gasteiger partial charge < -0.3 is 5.73 Å². The van der Waals surface area contributed by atoms with E-state index in [1.165, 1.54) is 12.1 Å². The van der Waals surface area contributed by atoms with Gasteiger partial charge in [0.05, 0.1) is 4.90 Å². The molecule has 0 aliphatic carbocycles. The Morgan fingerprint density at radius 2 is 1.89 bits per heavy atom. The third-order valence-corrected chi connectivity index (χ3v) is 4.16. The molecule has 0 aliphatic rings. The lowest BCUT2D eigenvalue weighted by atomic mass is 10.2. The van der Waals surface area contributed by atoms with Gasteiger partial charge in [-0.1, -0.05) is 6.07 Å². The van der Waals surface area contributed by atoms with Crippen LogP contribution in [0.25, 0.3) is 0 Å². The minimum Gasteiger partial charge on any atom is -0.398 e. The lowest BCUT2D eigenvalue weighted by Crippen LogP contribution is -2.35. The second-order valence-corrected chi connectivity index (χ2v) is 5.94. The summed E-state index contributed by atoms with van der Waals surface area (Å²) in [7, 11) is -3.30. The Kier molecular flexibility index (Phi) is 3.92. The fraction of sp³-hybridized carbons (Fsp3) is 0.400. The molecule has 0 fully saturated rings. The molecule has 4 nitrogen and oxygen atoms in total. The molecular formula is C10H13F3N2O2S. The normalized spacial score (nSPS) is 13.0. The van der Waals surface area contributed by atoms with Crippen molar-refractivity contribution in [2.24, 2.45) is 0 Å². The monoisotopic (exact) mass is 282 g/mol. The Morgan fingerprint density at radius 3 is 2.33 bits per heavy atom. The second-order valence-electron chi connectivity index (χ2n) is 3.89. The van der Waals surface area contributed by atoms with E-state index in [0.717, 1.165) is 13.1 Å². The maximum Gasteiger partial charge on any atom is 0.402 e. The van der Waals surface area contributed by atoms with Gasteiger partial charge in [-0.3, -0.25) is 0 Å². The summed E-state index contributed by atoms with van der Waals surface area (Å²) >= 11 is 0. The van der Waals surface area contributed by atoms with E-state index >= 15 is 0 Å². The molecule has 0 radical (unpaired) electrons. The summed E-state index contributed by atoms with van der Waals surface area (Å²) < 4.78 is 60.4. The highest BCUT2D eigenvalue weighted by atomic mass is 32.2. The maximum atomic E-state index is 12.2. The number of hydrogen-bond donors (Lipinski definition) is 1. The van der Waals surface area contributed by atoms with Gasteiger partial charge in [-0.2, -0.15) is 17.5 Å². The maximum absolute atomic E-state index is 12.2. The number of anilines is 1. The third kappa shape index (κ3) is 3.36. The first-order valence-corrected chi connectivity index (χ1v) is 6.37. The number of rotatable bonds is 3. The Balaban J connectivity index is 3.10. The van der Waals surface area contributed by atoms with E-state index in [0.29, 0.717) is 5.56 Å². The van der Waals surface area contributed by atoms with Crippen LogP contribution in [0.1, 0.15) is 5.56 Å². The standard InChI is InChI=1S/C10H13F3N2O2S/c1-7-3-4-8(5-9(7)14)18(16,17)15(2)6-10(11,12)13/h3-5H,6,14H2,1-2H3. The summed E-state index contributed by atoms with van der Waals surface area (Å²) in [6.45, 7) is 0.133. The van der Waals surface area contributed by atoms with Gasteiger partial charge in [0, 0.05) is 12.7 Å². The number of sulfonamides is 1. The quantitative estimate of drug-likeness (QED) is 0.859. The molecule has 18 heavy (non-hydrogen) atoms. The zero-order valence-electron chi connectivity index (χ0n) is 9.82. The average Bonchev–Trinajstić information content (AvgIpc) is 2.19. The van der Waals surface area contributed by atoms with Crippen LogP contribution >= 0.6 is 0 Å². The van der Waals surface area contributed by atoms with Crippen molar-refractivity contribution >= 4 is 15.7 Å². The van der Waals surface area contributed by atoms with Crippen molar-refractivity contribution < 1.29 is 21.6 Å². The van der Waals surface area contributed by atoms with Gasteiger partial charge in [0.15, 0.2) is 0 Å². The van der Waals surface area contributed by atoms with E-state index in [-0.39, 0.29) is 14.9 Å². The molecule has 0 unspecified atom stereocenters. The number of aryl methyl sites for hydroxylation is 1. The Hall–Kier alpha value is -1.28. The summed E-state index contributed by atoms with van der Waals surface area (Å²) in [5.74, 6) is 0. The smallest absolute Gasteiger partial charge is 0.398 e. The molecule has 0 heterocycles. The van der Waals surface area contributed by atoms with Crippen LogP contribution in [0.15, 0.2) is 23.1 Å². The van der Waals surface area contributed by atoms with Crippen LogP contribution in [0.5, 0.6) is 0 Å². The van der Waals surface area contributed by atoms with Crippen molar-refractivity contribution in [1.29, 1.82) is 0 Å². The van der Waals surface area contributed by atoms with Crippen molar-refractivity contribution in [2.45, 2.75) is 18.0 Å². The van der Waals surface area contributed by atoms with E-state index in [1.54, 1.807) is 6.92 Å². The van der Waals surface area contributed by atoms with Crippen LogP contribution in [-0.4, -0.2) is 32.5 Å². The lowest BCUT2D eigenvalue weighted by Gasteiger charge is -2.19. The molecule has 0 bridgehead atoms. The molecule has 8 heteroatoms. The molecule has 0 aromatic heterocycles. The highest BCUT2D eigenvalue weighted by Gasteiger charge is 2.34. The van der Waals surface area contributed by atoms with Crippen molar-refractivity contribution in [2.75, 3.05) is 19.3 Å². The predicted molar refractivity (Wildman–Crippen MR) is 61.5 cm³/mol. The Morgan fingerprint density at radius 1 is 1.33 bits per heavy atom.